The number of nitrogens with one attached hydrogen (secondary N) is 2. The number of hydrogen-bond donors (Lipinski definition) is 2. The standard InChI is InChI=1S/C13H20N2O3/c1-4-5-6-10-8-15-12(16)7-11(10)14-9-13(17-2)18-3/h7,10,13-14H,6,8-9H2,1-3H3,(H,15,16). The second-order valence-electron chi connectivity index (χ2n) is 3.95. The highest BCUT2D eigenvalue weighted by Gasteiger charge is 2.20. The summed E-state index contributed by atoms with van der Waals surface area (Å²) in [6.45, 7) is 2.92. The molecule has 18 heavy (non-hydrogen) atoms. The summed E-state index contributed by atoms with van der Waals surface area (Å²) in [7, 11) is 3.16. The van der Waals surface area contributed by atoms with Gasteiger partial charge >= 0.3 is 0 Å². The van der Waals surface area contributed by atoms with Gasteiger partial charge in [-0.15, -0.1) is 11.8 Å². The van der Waals surface area contributed by atoms with E-state index in [9.17, 15) is 4.79 Å². The Hall–Kier alpha value is -1.51. The molecule has 0 aromatic heterocycles. The molecule has 1 aliphatic heterocycles. The van der Waals surface area contributed by atoms with Gasteiger partial charge in [0.2, 0.25) is 5.91 Å². The smallest absolute Gasteiger partial charge is 0.245 e. The van der Waals surface area contributed by atoms with E-state index in [0.717, 1.165) is 12.1 Å². The predicted octanol–water partition coefficient (Wildman–Crippen LogP) is 0.238. The van der Waals surface area contributed by atoms with Crippen LogP contribution >= 0.6 is 0 Å². The summed E-state index contributed by atoms with van der Waals surface area (Å²) in [5, 5.41) is 6.00. The molecule has 0 radical (unpaired) electrons. The minimum atomic E-state index is -0.325. The molecule has 0 saturated heterocycles. The molecule has 0 aromatic rings. The van der Waals surface area contributed by atoms with Crippen LogP contribution in [0.15, 0.2) is 11.8 Å². The van der Waals surface area contributed by atoms with Gasteiger partial charge in [-0.1, -0.05) is 0 Å². The first-order valence-electron chi connectivity index (χ1n) is 5.89. The molecule has 0 aromatic carbocycles. The first kappa shape index (κ1) is 14.6. The van der Waals surface area contributed by atoms with Crippen LogP contribution in [0.5, 0.6) is 0 Å². The van der Waals surface area contributed by atoms with Crippen LogP contribution < -0.4 is 10.6 Å². The Bertz CT molecular complexity index is 364. The van der Waals surface area contributed by atoms with E-state index in [2.05, 4.69) is 22.5 Å². The largest absolute Gasteiger partial charge is 0.383 e. The van der Waals surface area contributed by atoms with E-state index < -0.39 is 0 Å². The number of amides is 1. The molecular weight excluding hydrogens is 232 g/mol. The average molecular weight is 252 g/mol. The Morgan fingerprint density at radius 2 is 2.28 bits per heavy atom. The van der Waals surface area contributed by atoms with Gasteiger partial charge < -0.3 is 20.1 Å². The third kappa shape index (κ3) is 4.40. The molecular formula is C13H20N2O3. The first-order chi connectivity index (χ1) is 8.71. The minimum Gasteiger partial charge on any atom is -0.383 e. The van der Waals surface area contributed by atoms with E-state index in [4.69, 9.17) is 9.47 Å². The molecule has 2 N–H and O–H groups in total. The van der Waals surface area contributed by atoms with E-state index in [1.807, 2.05) is 6.92 Å². The van der Waals surface area contributed by atoms with Crippen molar-refractivity contribution >= 4 is 5.91 Å². The Kier molecular flexibility index (Phi) is 6.26. The maximum Gasteiger partial charge on any atom is 0.245 e. The normalized spacial score (nSPS) is 18.8. The molecule has 5 nitrogen and oxygen atoms in total. The molecule has 1 aliphatic rings. The topological polar surface area (TPSA) is 59.6 Å². The van der Waals surface area contributed by atoms with E-state index >= 15 is 0 Å². The van der Waals surface area contributed by atoms with Crippen LogP contribution in [-0.2, 0) is 14.3 Å². The summed E-state index contributed by atoms with van der Waals surface area (Å²) in [4.78, 5) is 11.4. The predicted molar refractivity (Wildman–Crippen MR) is 68.5 cm³/mol. The highest BCUT2D eigenvalue weighted by Crippen LogP contribution is 2.15. The van der Waals surface area contributed by atoms with Crippen molar-refractivity contribution in [1.29, 1.82) is 0 Å². The highest BCUT2D eigenvalue weighted by atomic mass is 16.7. The third-order valence-electron chi connectivity index (χ3n) is 2.77. The lowest BCUT2D eigenvalue weighted by Gasteiger charge is -2.25. The minimum absolute atomic E-state index is 0.0791. The third-order valence-corrected chi connectivity index (χ3v) is 2.77. The van der Waals surface area contributed by atoms with Crippen LogP contribution in [0.3, 0.4) is 0 Å². The van der Waals surface area contributed by atoms with Gasteiger partial charge in [-0.2, -0.15) is 0 Å². The molecule has 1 amide bonds. The summed E-state index contributed by atoms with van der Waals surface area (Å²) >= 11 is 0. The van der Waals surface area contributed by atoms with Crippen molar-refractivity contribution in [2.75, 3.05) is 27.3 Å². The summed E-state index contributed by atoms with van der Waals surface area (Å²) in [5.41, 5.74) is 0.889. The average Bonchev–Trinajstić information content (AvgIpc) is 2.39. The van der Waals surface area contributed by atoms with Crippen molar-refractivity contribution in [3.63, 3.8) is 0 Å². The maximum atomic E-state index is 11.4. The van der Waals surface area contributed by atoms with Crippen LogP contribution in [0.2, 0.25) is 0 Å². The zero-order chi connectivity index (χ0) is 13.4. The number of methoxy groups -OCH3 is 2. The molecule has 5 heteroatoms. The van der Waals surface area contributed by atoms with Crippen molar-refractivity contribution < 1.29 is 14.3 Å². The summed E-state index contributed by atoms with van der Waals surface area (Å²) < 4.78 is 10.2. The molecule has 0 saturated carbocycles. The van der Waals surface area contributed by atoms with Crippen molar-refractivity contribution in [1.82, 2.24) is 10.6 Å². The van der Waals surface area contributed by atoms with Gasteiger partial charge in [-0.25, -0.2) is 0 Å². The van der Waals surface area contributed by atoms with Crippen molar-refractivity contribution in [2.45, 2.75) is 19.6 Å². The lowest BCUT2D eigenvalue weighted by molar-refractivity contribution is -0.117. The van der Waals surface area contributed by atoms with E-state index in [1.54, 1.807) is 20.3 Å². The first-order valence-corrected chi connectivity index (χ1v) is 5.89. The monoisotopic (exact) mass is 252 g/mol. The van der Waals surface area contributed by atoms with Crippen molar-refractivity contribution in [2.24, 2.45) is 5.92 Å². The summed E-state index contributed by atoms with van der Waals surface area (Å²) in [6, 6.07) is 0. The van der Waals surface area contributed by atoms with E-state index in [0.29, 0.717) is 13.1 Å². The number of carbonyl (C=O) groups is 1. The van der Waals surface area contributed by atoms with Crippen molar-refractivity contribution in [3.8, 4) is 11.8 Å². The van der Waals surface area contributed by atoms with Gasteiger partial charge in [0.1, 0.15) is 0 Å². The SMILES string of the molecule is CC#CCC1CNC(=O)C=C1NCC(OC)OC. The molecule has 0 bridgehead atoms. The second-order valence-corrected chi connectivity index (χ2v) is 3.95. The molecule has 1 rings (SSSR count). The Labute approximate surface area is 108 Å². The van der Waals surface area contributed by atoms with Crippen LogP contribution in [-0.4, -0.2) is 39.5 Å². The zero-order valence-corrected chi connectivity index (χ0v) is 11.1. The number of rotatable bonds is 6. The molecule has 100 valence electrons. The zero-order valence-electron chi connectivity index (χ0n) is 11.1. The molecule has 1 atom stereocenters. The fourth-order valence-electron chi connectivity index (χ4n) is 1.71. The van der Waals surface area contributed by atoms with Gasteiger partial charge in [0.25, 0.3) is 0 Å². The Morgan fingerprint density at radius 1 is 1.56 bits per heavy atom. The molecule has 0 spiro atoms. The van der Waals surface area contributed by atoms with E-state index in [1.165, 1.54) is 0 Å². The summed E-state index contributed by atoms with van der Waals surface area (Å²) in [6.07, 6.45) is 1.97. The fraction of sp³-hybridized carbons (Fsp3) is 0.615. The van der Waals surface area contributed by atoms with Crippen LogP contribution in [0.25, 0.3) is 0 Å². The maximum absolute atomic E-state index is 11.4. The fourth-order valence-corrected chi connectivity index (χ4v) is 1.71. The van der Waals surface area contributed by atoms with Crippen LogP contribution in [0.1, 0.15) is 13.3 Å². The Balaban J connectivity index is 2.60. The van der Waals surface area contributed by atoms with Gasteiger partial charge in [-0.3, -0.25) is 4.79 Å². The number of carbonyl (C=O) groups excluding carboxylic acids is 1. The lowest BCUT2D eigenvalue weighted by Crippen LogP contribution is -2.40. The van der Waals surface area contributed by atoms with Gasteiger partial charge in [0.15, 0.2) is 6.29 Å². The molecule has 0 fully saturated rings. The Morgan fingerprint density at radius 3 is 2.89 bits per heavy atom. The lowest BCUT2D eigenvalue weighted by atomic mass is 9.98. The van der Waals surface area contributed by atoms with Crippen LogP contribution in [0, 0.1) is 17.8 Å². The van der Waals surface area contributed by atoms with E-state index in [-0.39, 0.29) is 18.1 Å². The second kappa shape index (κ2) is 7.75. The number of ether oxygens (including phenoxy) is 2. The molecule has 1 heterocycles. The highest BCUT2D eigenvalue weighted by molar-refractivity contribution is 5.89. The van der Waals surface area contributed by atoms with Gasteiger partial charge in [0, 0.05) is 44.9 Å². The van der Waals surface area contributed by atoms with Gasteiger partial charge in [0.05, 0.1) is 6.54 Å². The summed E-state index contributed by atoms with van der Waals surface area (Å²) in [5.74, 6) is 6.02. The van der Waals surface area contributed by atoms with Gasteiger partial charge in [-0.05, 0) is 6.92 Å². The quantitative estimate of drug-likeness (QED) is 0.525. The number of hydrogen-bond acceptors (Lipinski definition) is 4. The molecule has 0 aliphatic carbocycles. The molecule has 1 unspecified atom stereocenters. The van der Waals surface area contributed by atoms with Crippen LogP contribution in [0.4, 0.5) is 0 Å². The van der Waals surface area contributed by atoms with Crippen molar-refractivity contribution in [3.05, 3.63) is 11.8 Å².